The molecule has 0 atom stereocenters. The Labute approximate surface area is 127 Å². The Morgan fingerprint density at radius 1 is 1.14 bits per heavy atom. The molecular weight excluding hydrogens is 288 g/mol. The van der Waals surface area contributed by atoms with E-state index in [4.69, 9.17) is 0 Å². The molecule has 0 aliphatic heterocycles. The lowest BCUT2D eigenvalue weighted by molar-refractivity contribution is 0.102. The largest absolute Gasteiger partial charge is 0.384 e. The van der Waals surface area contributed by atoms with Crippen molar-refractivity contribution < 1.29 is 13.6 Å². The van der Waals surface area contributed by atoms with Crippen molar-refractivity contribution in [2.45, 2.75) is 19.8 Å². The van der Waals surface area contributed by atoms with Gasteiger partial charge in [0, 0.05) is 18.3 Å². The highest BCUT2D eigenvalue weighted by Crippen LogP contribution is 2.14. The minimum Gasteiger partial charge on any atom is -0.384 e. The molecule has 6 heteroatoms. The standard InChI is InChI=1S/C16H17F2N3O/c1-2-3-8-19-12-5-7-15(20-10-12)16(22)21-11-4-6-13(17)14(18)9-11/h4-7,9-10,19H,2-3,8H2,1H3,(H,21,22). The molecule has 1 heterocycles. The van der Waals surface area contributed by atoms with Crippen molar-refractivity contribution in [1.82, 2.24) is 4.98 Å². The van der Waals surface area contributed by atoms with Crippen molar-refractivity contribution in [2.24, 2.45) is 0 Å². The van der Waals surface area contributed by atoms with Crippen LogP contribution in [0.1, 0.15) is 30.3 Å². The van der Waals surface area contributed by atoms with Crippen LogP contribution in [0, 0.1) is 11.6 Å². The van der Waals surface area contributed by atoms with E-state index in [-0.39, 0.29) is 11.4 Å². The minimum atomic E-state index is -1.01. The first kappa shape index (κ1) is 15.9. The number of hydrogen-bond acceptors (Lipinski definition) is 3. The number of halogens is 2. The second-order valence-electron chi connectivity index (χ2n) is 4.80. The van der Waals surface area contributed by atoms with Gasteiger partial charge in [-0.1, -0.05) is 13.3 Å². The summed E-state index contributed by atoms with van der Waals surface area (Å²) in [4.78, 5) is 16.0. The topological polar surface area (TPSA) is 54.0 Å². The van der Waals surface area contributed by atoms with Gasteiger partial charge in [-0.25, -0.2) is 13.8 Å². The third-order valence-electron chi connectivity index (χ3n) is 3.03. The van der Waals surface area contributed by atoms with Crippen molar-refractivity contribution >= 4 is 17.3 Å². The van der Waals surface area contributed by atoms with Crippen molar-refractivity contribution in [3.63, 3.8) is 0 Å². The number of aromatic nitrogens is 1. The van der Waals surface area contributed by atoms with E-state index < -0.39 is 17.5 Å². The molecule has 2 aromatic rings. The second-order valence-corrected chi connectivity index (χ2v) is 4.80. The number of pyridine rings is 1. The Balaban J connectivity index is 1.98. The Morgan fingerprint density at radius 3 is 2.55 bits per heavy atom. The van der Waals surface area contributed by atoms with Gasteiger partial charge in [0.25, 0.3) is 5.91 Å². The molecule has 2 N–H and O–H groups in total. The predicted octanol–water partition coefficient (Wildman–Crippen LogP) is 3.82. The molecule has 116 valence electrons. The van der Waals surface area contributed by atoms with Gasteiger partial charge in [0.2, 0.25) is 0 Å². The lowest BCUT2D eigenvalue weighted by Crippen LogP contribution is -2.14. The maximum Gasteiger partial charge on any atom is 0.274 e. The fraction of sp³-hybridized carbons (Fsp3) is 0.250. The van der Waals surface area contributed by atoms with Gasteiger partial charge in [0.15, 0.2) is 11.6 Å². The normalized spacial score (nSPS) is 10.3. The summed E-state index contributed by atoms with van der Waals surface area (Å²) in [5, 5.41) is 5.66. The molecule has 1 aromatic heterocycles. The average Bonchev–Trinajstić information content (AvgIpc) is 2.52. The summed E-state index contributed by atoms with van der Waals surface area (Å²) >= 11 is 0. The van der Waals surface area contributed by atoms with Crippen LogP contribution >= 0.6 is 0 Å². The average molecular weight is 305 g/mol. The van der Waals surface area contributed by atoms with E-state index >= 15 is 0 Å². The van der Waals surface area contributed by atoms with Gasteiger partial charge < -0.3 is 10.6 Å². The first-order valence-electron chi connectivity index (χ1n) is 7.06. The summed E-state index contributed by atoms with van der Waals surface area (Å²) in [5.41, 5.74) is 1.21. The van der Waals surface area contributed by atoms with Crippen LogP contribution in [0.25, 0.3) is 0 Å². The summed E-state index contributed by atoms with van der Waals surface area (Å²) in [6.45, 7) is 2.95. The van der Waals surface area contributed by atoms with E-state index in [0.717, 1.165) is 37.2 Å². The Morgan fingerprint density at radius 2 is 1.91 bits per heavy atom. The molecule has 0 saturated heterocycles. The molecule has 4 nitrogen and oxygen atoms in total. The number of rotatable bonds is 6. The number of nitrogens with one attached hydrogen (secondary N) is 2. The third kappa shape index (κ3) is 4.25. The number of hydrogen-bond donors (Lipinski definition) is 2. The van der Waals surface area contributed by atoms with E-state index in [1.54, 1.807) is 18.3 Å². The molecule has 1 amide bonds. The highest BCUT2D eigenvalue weighted by atomic mass is 19.2. The molecule has 0 spiro atoms. The molecular formula is C16H17F2N3O. The number of anilines is 2. The van der Waals surface area contributed by atoms with Gasteiger partial charge in [-0.2, -0.15) is 0 Å². The zero-order valence-electron chi connectivity index (χ0n) is 12.2. The van der Waals surface area contributed by atoms with Crippen LogP contribution < -0.4 is 10.6 Å². The van der Waals surface area contributed by atoms with Crippen molar-refractivity contribution in [3.8, 4) is 0 Å². The minimum absolute atomic E-state index is 0.177. The number of unbranched alkanes of at least 4 members (excludes halogenated alkanes) is 1. The summed E-state index contributed by atoms with van der Waals surface area (Å²) in [6.07, 6.45) is 3.71. The van der Waals surface area contributed by atoms with Crippen LogP contribution in [-0.2, 0) is 0 Å². The van der Waals surface area contributed by atoms with E-state index in [2.05, 4.69) is 22.5 Å². The van der Waals surface area contributed by atoms with Crippen LogP contribution in [-0.4, -0.2) is 17.4 Å². The van der Waals surface area contributed by atoms with Gasteiger partial charge in [0.05, 0.1) is 11.9 Å². The molecule has 1 aromatic carbocycles. The molecule has 2 rings (SSSR count). The number of nitrogens with zero attached hydrogens (tertiary/aromatic N) is 1. The predicted molar refractivity (Wildman–Crippen MR) is 81.9 cm³/mol. The van der Waals surface area contributed by atoms with Crippen LogP contribution in [0.5, 0.6) is 0 Å². The SMILES string of the molecule is CCCCNc1ccc(C(=O)Nc2ccc(F)c(F)c2)nc1. The Kier molecular flexibility index (Phi) is 5.41. The maximum absolute atomic E-state index is 13.1. The smallest absolute Gasteiger partial charge is 0.274 e. The molecule has 0 bridgehead atoms. The second kappa shape index (κ2) is 7.49. The highest BCUT2D eigenvalue weighted by molar-refractivity contribution is 6.02. The Hall–Kier alpha value is -2.50. The lowest BCUT2D eigenvalue weighted by atomic mass is 10.2. The first-order valence-corrected chi connectivity index (χ1v) is 7.06. The highest BCUT2D eigenvalue weighted by Gasteiger charge is 2.09. The fourth-order valence-electron chi connectivity index (χ4n) is 1.81. The van der Waals surface area contributed by atoms with Gasteiger partial charge in [-0.05, 0) is 30.7 Å². The van der Waals surface area contributed by atoms with Gasteiger partial charge in [-0.15, -0.1) is 0 Å². The maximum atomic E-state index is 13.1. The molecule has 0 unspecified atom stereocenters. The van der Waals surface area contributed by atoms with Crippen LogP contribution in [0.3, 0.4) is 0 Å². The van der Waals surface area contributed by atoms with E-state index in [9.17, 15) is 13.6 Å². The molecule has 0 aliphatic rings. The summed E-state index contributed by atoms with van der Waals surface area (Å²) in [6, 6.07) is 6.50. The van der Waals surface area contributed by atoms with Crippen molar-refractivity contribution in [2.75, 3.05) is 17.2 Å². The van der Waals surface area contributed by atoms with Gasteiger partial charge in [-0.3, -0.25) is 4.79 Å². The fourth-order valence-corrected chi connectivity index (χ4v) is 1.81. The summed E-state index contributed by atoms with van der Waals surface area (Å²) in [7, 11) is 0. The lowest BCUT2D eigenvalue weighted by Gasteiger charge is -2.07. The summed E-state index contributed by atoms with van der Waals surface area (Å²) in [5.74, 6) is -2.45. The van der Waals surface area contributed by atoms with Gasteiger partial charge in [0.1, 0.15) is 5.69 Å². The van der Waals surface area contributed by atoms with Crippen LogP contribution in [0.4, 0.5) is 20.2 Å². The number of benzene rings is 1. The monoisotopic (exact) mass is 305 g/mol. The van der Waals surface area contributed by atoms with E-state index in [1.165, 1.54) is 6.07 Å². The number of carbonyl (C=O) groups is 1. The molecule has 0 aliphatic carbocycles. The number of amides is 1. The van der Waals surface area contributed by atoms with E-state index in [1.807, 2.05) is 0 Å². The molecule has 22 heavy (non-hydrogen) atoms. The quantitative estimate of drug-likeness (QED) is 0.798. The van der Waals surface area contributed by atoms with Gasteiger partial charge >= 0.3 is 0 Å². The van der Waals surface area contributed by atoms with Crippen molar-refractivity contribution in [1.29, 1.82) is 0 Å². The van der Waals surface area contributed by atoms with Crippen LogP contribution in [0.2, 0.25) is 0 Å². The zero-order chi connectivity index (χ0) is 15.9. The third-order valence-corrected chi connectivity index (χ3v) is 3.03. The number of carbonyl (C=O) groups excluding carboxylic acids is 1. The molecule has 0 radical (unpaired) electrons. The Bertz CT molecular complexity index is 644. The molecule has 0 fully saturated rings. The van der Waals surface area contributed by atoms with Crippen LogP contribution in [0.15, 0.2) is 36.5 Å². The van der Waals surface area contributed by atoms with E-state index in [0.29, 0.717) is 0 Å². The zero-order valence-corrected chi connectivity index (χ0v) is 12.2. The summed E-state index contributed by atoms with van der Waals surface area (Å²) < 4.78 is 25.9. The molecule has 0 saturated carbocycles. The first-order chi connectivity index (χ1) is 10.6. The van der Waals surface area contributed by atoms with Crippen molar-refractivity contribution in [3.05, 3.63) is 53.9 Å².